The number of carbonyl (C=O) groups excluding carboxylic acids is 2. The van der Waals surface area contributed by atoms with Gasteiger partial charge in [-0.15, -0.1) is 0 Å². The molecule has 0 fully saturated rings. The Hall–Kier alpha value is -2.42. The zero-order valence-corrected chi connectivity index (χ0v) is 20.5. The number of ether oxygens (including phenoxy) is 1. The third-order valence-electron chi connectivity index (χ3n) is 6.15. The van der Waals surface area contributed by atoms with Crippen LogP contribution in [0.1, 0.15) is 123 Å². The van der Waals surface area contributed by atoms with Crippen LogP contribution in [0, 0.1) is 0 Å². The molecule has 0 unspecified atom stereocenters. The summed E-state index contributed by atoms with van der Waals surface area (Å²) in [6.07, 6.45) is 18.3. The van der Waals surface area contributed by atoms with Crippen molar-refractivity contribution in [3.8, 4) is 0 Å². The van der Waals surface area contributed by atoms with Gasteiger partial charge in [0.15, 0.2) is 5.78 Å². The van der Waals surface area contributed by atoms with E-state index in [0.29, 0.717) is 23.3 Å². The van der Waals surface area contributed by atoms with Gasteiger partial charge in [-0.3, -0.25) is 4.79 Å². The highest BCUT2D eigenvalue weighted by molar-refractivity contribution is 6.09. The van der Waals surface area contributed by atoms with E-state index in [9.17, 15) is 9.59 Å². The molecule has 2 aromatic carbocycles. The Morgan fingerprint density at radius 3 is 1.48 bits per heavy atom. The number of unbranched alkanes of at least 4 members (excludes halogenated alkanes) is 13. The fourth-order valence-electron chi connectivity index (χ4n) is 4.06. The van der Waals surface area contributed by atoms with Gasteiger partial charge in [-0.1, -0.05) is 133 Å². The van der Waals surface area contributed by atoms with Crippen LogP contribution in [0.5, 0.6) is 0 Å². The van der Waals surface area contributed by atoms with Crippen molar-refractivity contribution in [2.24, 2.45) is 0 Å². The van der Waals surface area contributed by atoms with Crippen LogP contribution in [0.25, 0.3) is 0 Å². The highest BCUT2D eigenvalue weighted by atomic mass is 16.5. The monoisotopic (exact) mass is 450 g/mol. The Balaban J connectivity index is 1.47. The first kappa shape index (κ1) is 26.8. The van der Waals surface area contributed by atoms with E-state index in [2.05, 4.69) is 6.92 Å². The lowest BCUT2D eigenvalue weighted by molar-refractivity contribution is 0.0497. The highest BCUT2D eigenvalue weighted by Gasteiger charge is 2.11. The van der Waals surface area contributed by atoms with Crippen LogP contribution in [0.15, 0.2) is 54.6 Å². The maximum Gasteiger partial charge on any atom is 0.338 e. The summed E-state index contributed by atoms with van der Waals surface area (Å²) >= 11 is 0. The number of carbonyl (C=O) groups is 2. The van der Waals surface area contributed by atoms with Gasteiger partial charge in [-0.05, 0) is 18.6 Å². The van der Waals surface area contributed by atoms with Gasteiger partial charge in [0.2, 0.25) is 0 Å². The van der Waals surface area contributed by atoms with E-state index in [4.69, 9.17) is 4.74 Å². The Labute approximate surface area is 200 Å². The van der Waals surface area contributed by atoms with Crippen molar-refractivity contribution in [2.75, 3.05) is 6.61 Å². The molecule has 3 heteroatoms. The minimum absolute atomic E-state index is 0.0436. The minimum Gasteiger partial charge on any atom is -0.462 e. The molecule has 0 saturated carbocycles. The summed E-state index contributed by atoms with van der Waals surface area (Å²) in [7, 11) is 0. The van der Waals surface area contributed by atoms with Crippen LogP contribution < -0.4 is 0 Å². The van der Waals surface area contributed by atoms with Crippen molar-refractivity contribution >= 4 is 11.8 Å². The van der Waals surface area contributed by atoms with Gasteiger partial charge < -0.3 is 4.74 Å². The van der Waals surface area contributed by atoms with Crippen molar-refractivity contribution in [3.63, 3.8) is 0 Å². The lowest BCUT2D eigenvalue weighted by Crippen LogP contribution is -2.07. The molecule has 0 bridgehead atoms. The quantitative estimate of drug-likeness (QED) is 0.130. The number of rotatable bonds is 18. The molecule has 0 radical (unpaired) electrons. The van der Waals surface area contributed by atoms with Gasteiger partial charge in [-0.25, -0.2) is 4.79 Å². The molecule has 2 rings (SSSR count). The van der Waals surface area contributed by atoms with Crippen molar-refractivity contribution < 1.29 is 14.3 Å². The van der Waals surface area contributed by atoms with Gasteiger partial charge in [0, 0.05) is 11.1 Å². The Morgan fingerprint density at radius 1 is 0.545 bits per heavy atom. The molecule has 0 aromatic heterocycles. The van der Waals surface area contributed by atoms with Gasteiger partial charge >= 0.3 is 5.97 Å². The topological polar surface area (TPSA) is 43.4 Å². The van der Waals surface area contributed by atoms with E-state index < -0.39 is 0 Å². The molecule has 0 aliphatic heterocycles. The van der Waals surface area contributed by atoms with Crippen LogP contribution in [-0.4, -0.2) is 18.4 Å². The smallest absolute Gasteiger partial charge is 0.338 e. The fraction of sp³-hybridized carbons (Fsp3) is 0.533. The predicted octanol–water partition coefficient (Wildman–Crippen LogP) is 8.56. The van der Waals surface area contributed by atoms with E-state index in [0.717, 1.165) is 12.8 Å². The summed E-state index contributed by atoms with van der Waals surface area (Å²) in [5.41, 5.74) is 1.71. The Bertz CT molecular complexity index is 780. The molecule has 0 atom stereocenters. The summed E-state index contributed by atoms with van der Waals surface area (Å²) in [6, 6.07) is 15.9. The lowest BCUT2D eigenvalue weighted by atomic mass is 10.0. The summed E-state index contributed by atoms with van der Waals surface area (Å²) in [4.78, 5) is 24.7. The SMILES string of the molecule is CCCCCCCCCCCCCCCCOC(=O)c1ccc(C(=O)c2ccccc2)cc1. The predicted molar refractivity (Wildman–Crippen MR) is 137 cm³/mol. The van der Waals surface area contributed by atoms with Crippen molar-refractivity contribution in [2.45, 2.75) is 96.8 Å². The Morgan fingerprint density at radius 2 is 0.970 bits per heavy atom. The third kappa shape index (κ3) is 11.3. The molecule has 0 N–H and O–H groups in total. The second-order valence-electron chi connectivity index (χ2n) is 9.00. The van der Waals surface area contributed by atoms with Crippen LogP contribution in [-0.2, 0) is 4.74 Å². The minimum atomic E-state index is -0.316. The van der Waals surface area contributed by atoms with E-state index >= 15 is 0 Å². The molecule has 0 aliphatic carbocycles. The van der Waals surface area contributed by atoms with E-state index in [1.54, 1.807) is 36.4 Å². The first-order valence-corrected chi connectivity index (χ1v) is 13.1. The summed E-state index contributed by atoms with van der Waals surface area (Å²) in [6.45, 7) is 2.73. The van der Waals surface area contributed by atoms with Gasteiger partial charge in [-0.2, -0.15) is 0 Å². The second-order valence-corrected chi connectivity index (χ2v) is 9.00. The zero-order chi connectivity index (χ0) is 23.6. The number of benzene rings is 2. The first-order valence-electron chi connectivity index (χ1n) is 13.1. The van der Waals surface area contributed by atoms with Crippen molar-refractivity contribution in [1.29, 1.82) is 0 Å². The standard InChI is InChI=1S/C30H42O3/c1-2-3-4-5-6-7-8-9-10-11-12-13-14-18-25-33-30(32)28-23-21-27(22-24-28)29(31)26-19-16-15-17-20-26/h15-17,19-24H,2-14,18,25H2,1H3. The molecule has 0 amide bonds. The van der Waals surface area contributed by atoms with E-state index in [1.807, 2.05) is 18.2 Å². The normalized spacial score (nSPS) is 10.8. The maximum absolute atomic E-state index is 12.4. The summed E-state index contributed by atoms with van der Waals surface area (Å²) in [5, 5.41) is 0. The molecule has 0 saturated heterocycles. The average Bonchev–Trinajstić information content (AvgIpc) is 2.86. The zero-order valence-electron chi connectivity index (χ0n) is 20.5. The van der Waals surface area contributed by atoms with Crippen LogP contribution >= 0.6 is 0 Å². The van der Waals surface area contributed by atoms with E-state index in [1.165, 1.54) is 77.0 Å². The molecular formula is C30H42O3. The number of esters is 1. The van der Waals surface area contributed by atoms with Crippen LogP contribution in [0.4, 0.5) is 0 Å². The molecule has 0 aliphatic rings. The van der Waals surface area contributed by atoms with Gasteiger partial charge in [0.05, 0.1) is 12.2 Å². The molecule has 0 heterocycles. The Kier molecular flexibility index (Phi) is 13.9. The lowest BCUT2D eigenvalue weighted by Gasteiger charge is -2.06. The molecule has 0 spiro atoms. The molecular weight excluding hydrogens is 408 g/mol. The molecule has 3 nitrogen and oxygen atoms in total. The number of ketones is 1. The van der Waals surface area contributed by atoms with Gasteiger partial charge in [0.25, 0.3) is 0 Å². The summed E-state index contributed by atoms with van der Waals surface area (Å²) < 4.78 is 5.40. The summed E-state index contributed by atoms with van der Waals surface area (Å²) in [5.74, 6) is -0.360. The maximum atomic E-state index is 12.4. The van der Waals surface area contributed by atoms with E-state index in [-0.39, 0.29) is 11.8 Å². The first-order chi connectivity index (χ1) is 16.2. The van der Waals surface area contributed by atoms with Gasteiger partial charge in [0.1, 0.15) is 0 Å². The molecule has 33 heavy (non-hydrogen) atoms. The number of hydrogen-bond acceptors (Lipinski definition) is 3. The largest absolute Gasteiger partial charge is 0.462 e. The fourth-order valence-corrected chi connectivity index (χ4v) is 4.06. The number of hydrogen-bond donors (Lipinski definition) is 0. The van der Waals surface area contributed by atoms with Crippen molar-refractivity contribution in [3.05, 3.63) is 71.3 Å². The molecule has 180 valence electrons. The third-order valence-corrected chi connectivity index (χ3v) is 6.15. The van der Waals surface area contributed by atoms with Crippen molar-refractivity contribution in [1.82, 2.24) is 0 Å². The molecule has 2 aromatic rings. The highest BCUT2D eigenvalue weighted by Crippen LogP contribution is 2.14. The van der Waals surface area contributed by atoms with Crippen LogP contribution in [0.3, 0.4) is 0 Å². The van der Waals surface area contributed by atoms with Crippen LogP contribution in [0.2, 0.25) is 0 Å². The second kappa shape index (κ2) is 17.1. The average molecular weight is 451 g/mol.